The molecule has 1 atom stereocenters. The van der Waals surface area contributed by atoms with Gasteiger partial charge in [0.2, 0.25) is 0 Å². The summed E-state index contributed by atoms with van der Waals surface area (Å²) in [5, 5.41) is 4.07. The molecule has 0 aliphatic heterocycles. The third-order valence-corrected chi connectivity index (χ3v) is 5.53. The number of aryl methyl sites for hydroxylation is 1. The van der Waals surface area contributed by atoms with Gasteiger partial charge in [0, 0.05) is 18.1 Å². The van der Waals surface area contributed by atoms with E-state index in [4.69, 9.17) is 27.9 Å². The first-order chi connectivity index (χ1) is 12.5. The van der Waals surface area contributed by atoms with Crippen LogP contribution in [0.4, 0.5) is 0 Å². The molecular weight excluding hydrogens is 389 g/mol. The molecule has 140 valence electrons. The van der Waals surface area contributed by atoms with E-state index in [1.54, 1.807) is 17.8 Å². The summed E-state index contributed by atoms with van der Waals surface area (Å²) >= 11 is 13.6. The lowest BCUT2D eigenvalue weighted by atomic mass is 10.2. The first kappa shape index (κ1) is 20.9. The second kappa shape index (κ2) is 10.7. The van der Waals surface area contributed by atoms with Crippen molar-refractivity contribution in [3.8, 4) is 5.75 Å². The highest BCUT2D eigenvalue weighted by atomic mass is 35.5. The molecule has 0 unspecified atom stereocenters. The third-order valence-electron chi connectivity index (χ3n) is 3.76. The first-order valence-corrected chi connectivity index (χ1v) is 10.4. The van der Waals surface area contributed by atoms with Crippen molar-refractivity contribution in [1.82, 2.24) is 5.32 Å². The summed E-state index contributed by atoms with van der Waals surface area (Å²) in [5.41, 5.74) is 2.28. The van der Waals surface area contributed by atoms with Crippen molar-refractivity contribution in [2.75, 3.05) is 12.3 Å². The molecule has 0 heterocycles. The van der Waals surface area contributed by atoms with Crippen molar-refractivity contribution in [3.05, 3.63) is 63.6 Å². The van der Waals surface area contributed by atoms with Gasteiger partial charge in [0.1, 0.15) is 5.75 Å². The predicted octanol–water partition coefficient (Wildman–Crippen LogP) is 5.51. The lowest BCUT2D eigenvalue weighted by Crippen LogP contribution is -2.39. The van der Waals surface area contributed by atoms with Gasteiger partial charge in [-0.1, -0.05) is 53.9 Å². The van der Waals surface area contributed by atoms with Gasteiger partial charge in [0.05, 0.1) is 10.0 Å². The molecule has 0 saturated heterocycles. The summed E-state index contributed by atoms with van der Waals surface area (Å²) in [4.78, 5) is 12.3. The number of hydrogen-bond acceptors (Lipinski definition) is 3. The molecule has 0 fully saturated rings. The summed E-state index contributed by atoms with van der Waals surface area (Å²) in [6.07, 6.45) is 0.147. The van der Waals surface area contributed by atoms with Crippen LogP contribution in [-0.4, -0.2) is 24.3 Å². The fraction of sp³-hybridized carbons (Fsp3) is 0.350. The van der Waals surface area contributed by atoms with Gasteiger partial charge in [-0.15, -0.1) is 0 Å². The summed E-state index contributed by atoms with van der Waals surface area (Å²) in [5.74, 6) is 2.27. The Morgan fingerprint density at radius 1 is 1.15 bits per heavy atom. The van der Waals surface area contributed by atoms with Gasteiger partial charge in [-0.2, -0.15) is 11.8 Å². The molecule has 1 N–H and O–H groups in total. The van der Waals surface area contributed by atoms with Crippen molar-refractivity contribution >= 4 is 40.9 Å². The van der Waals surface area contributed by atoms with Crippen molar-refractivity contribution in [2.24, 2.45) is 0 Å². The zero-order chi connectivity index (χ0) is 18.9. The Morgan fingerprint density at radius 3 is 2.54 bits per heavy atom. The Hall–Kier alpha value is -1.36. The van der Waals surface area contributed by atoms with E-state index in [1.165, 1.54) is 0 Å². The largest absolute Gasteiger partial charge is 0.481 e. The van der Waals surface area contributed by atoms with Gasteiger partial charge in [-0.25, -0.2) is 0 Å². The van der Waals surface area contributed by atoms with Crippen LogP contribution in [0.5, 0.6) is 5.75 Å². The first-order valence-electron chi connectivity index (χ1n) is 8.52. The highest BCUT2D eigenvalue weighted by molar-refractivity contribution is 7.98. The zero-order valence-corrected chi connectivity index (χ0v) is 17.3. The van der Waals surface area contributed by atoms with Crippen molar-refractivity contribution in [1.29, 1.82) is 0 Å². The van der Waals surface area contributed by atoms with Gasteiger partial charge in [0.15, 0.2) is 6.10 Å². The smallest absolute Gasteiger partial charge is 0.261 e. The fourth-order valence-corrected chi connectivity index (χ4v) is 3.41. The third kappa shape index (κ3) is 6.75. The van der Waals surface area contributed by atoms with E-state index in [2.05, 4.69) is 5.32 Å². The maximum Gasteiger partial charge on any atom is 0.261 e. The standard InChI is InChI=1S/C20H23Cl2NO2S/c1-3-19(25-16-7-4-14(2)5-8-16)20(24)23-10-11-26-13-15-6-9-17(21)18(22)12-15/h4-9,12,19H,3,10-11,13H2,1-2H3,(H,23,24)/t19-/m0/s1. The summed E-state index contributed by atoms with van der Waals surface area (Å²) < 4.78 is 5.79. The van der Waals surface area contributed by atoms with E-state index < -0.39 is 6.10 Å². The molecule has 0 spiro atoms. The number of nitrogens with one attached hydrogen (secondary N) is 1. The quantitative estimate of drug-likeness (QED) is 0.552. The summed E-state index contributed by atoms with van der Waals surface area (Å²) in [6, 6.07) is 13.4. The second-order valence-electron chi connectivity index (χ2n) is 5.92. The molecule has 6 heteroatoms. The molecule has 26 heavy (non-hydrogen) atoms. The van der Waals surface area contributed by atoms with Gasteiger partial charge in [0.25, 0.3) is 5.91 Å². The number of amides is 1. The molecule has 0 bridgehead atoms. The van der Waals surface area contributed by atoms with E-state index in [0.717, 1.165) is 22.6 Å². The minimum atomic E-state index is -0.474. The maximum absolute atomic E-state index is 12.3. The van der Waals surface area contributed by atoms with Crippen LogP contribution >= 0.6 is 35.0 Å². The fourth-order valence-electron chi connectivity index (χ4n) is 2.28. The predicted molar refractivity (Wildman–Crippen MR) is 112 cm³/mol. The SMILES string of the molecule is CC[C@H](Oc1ccc(C)cc1)C(=O)NCCSCc1ccc(Cl)c(Cl)c1. The number of rotatable bonds is 9. The van der Waals surface area contributed by atoms with Crippen LogP contribution in [0.3, 0.4) is 0 Å². The minimum absolute atomic E-state index is 0.0804. The van der Waals surface area contributed by atoms with Crippen molar-refractivity contribution in [2.45, 2.75) is 32.1 Å². The molecule has 3 nitrogen and oxygen atoms in total. The molecule has 0 aliphatic rings. The molecule has 2 aromatic rings. The number of halogens is 2. The highest BCUT2D eigenvalue weighted by Gasteiger charge is 2.17. The molecule has 0 aromatic heterocycles. The number of carbonyl (C=O) groups is 1. The Labute approximate surface area is 169 Å². The number of ether oxygens (including phenoxy) is 1. The molecule has 0 aliphatic carbocycles. The molecular formula is C20H23Cl2NO2S. The Balaban J connectivity index is 1.70. The topological polar surface area (TPSA) is 38.3 Å². The molecule has 0 radical (unpaired) electrons. The second-order valence-corrected chi connectivity index (χ2v) is 7.84. The van der Waals surface area contributed by atoms with E-state index in [1.807, 2.05) is 50.2 Å². The van der Waals surface area contributed by atoms with Crippen LogP contribution in [0.2, 0.25) is 10.0 Å². The number of thioether (sulfide) groups is 1. The molecule has 2 rings (SSSR count). The normalized spacial score (nSPS) is 11.8. The number of carbonyl (C=O) groups excluding carboxylic acids is 1. The minimum Gasteiger partial charge on any atom is -0.481 e. The van der Waals surface area contributed by atoms with E-state index >= 15 is 0 Å². The molecule has 1 amide bonds. The highest BCUT2D eigenvalue weighted by Crippen LogP contribution is 2.24. The number of hydrogen-bond donors (Lipinski definition) is 1. The van der Waals surface area contributed by atoms with Crippen molar-refractivity contribution in [3.63, 3.8) is 0 Å². The van der Waals surface area contributed by atoms with E-state index in [-0.39, 0.29) is 5.91 Å². The van der Waals surface area contributed by atoms with Crippen molar-refractivity contribution < 1.29 is 9.53 Å². The summed E-state index contributed by atoms with van der Waals surface area (Å²) in [7, 11) is 0. The van der Waals surface area contributed by atoms with Gasteiger partial charge < -0.3 is 10.1 Å². The van der Waals surface area contributed by atoms with Crippen LogP contribution in [0.15, 0.2) is 42.5 Å². The Kier molecular flexibility index (Phi) is 8.63. The van der Waals surface area contributed by atoms with Crippen LogP contribution in [0.25, 0.3) is 0 Å². The van der Waals surface area contributed by atoms with E-state index in [0.29, 0.717) is 28.8 Å². The zero-order valence-electron chi connectivity index (χ0n) is 14.9. The Morgan fingerprint density at radius 2 is 1.88 bits per heavy atom. The van der Waals surface area contributed by atoms with Crippen LogP contribution in [0, 0.1) is 6.92 Å². The average Bonchev–Trinajstić information content (AvgIpc) is 2.63. The van der Waals surface area contributed by atoms with Gasteiger partial charge in [-0.05, 0) is 43.2 Å². The maximum atomic E-state index is 12.3. The number of benzene rings is 2. The van der Waals surface area contributed by atoms with Gasteiger partial charge in [-0.3, -0.25) is 4.79 Å². The summed E-state index contributed by atoms with van der Waals surface area (Å²) in [6.45, 7) is 4.56. The van der Waals surface area contributed by atoms with Crippen LogP contribution < -0.4 is 10.1 Å². The van der Waals surface area contributed by atoms with Gasteiger partial charge >= 0.3 is 0 Å². The lowest BCUT2D eigenvalue weighted by Gasteiger charge is -2.17. The van der Waals surface area contributed by atoms with Crippen LogP contribution in [-0.2, 0) is 10.5 Å². The monoisotopic (exact) mass is 411 g/mol. The molecule has 2 aromatic carbocycles. The van der Waals surface area contributed by atoms with Crippen LogP contribution in [0.1, 0.15) is 24.5 Å². The average molecular weight is 412 g/mol. The Bertz CT molecular complexity index is 722. The molecule has 0 saturated carbocycles. The lowest BCUT2D eigenvalue weighted by molar-refractivity contribution is -0.127. The van der Waals surface area contributed by atoms with E-state index in [9.17, 15) is 4.79 Å².